The lowest BCUT2D eigenvalue weighted by Crippen LogP contribution is -2.46. The zero-order valence-corrected chi connectivity index (χ0v) is 21.3. The number of carbonyl (C=O) groups is 2. The number of ether oxygens (including phenoxy) is 2. The van der Waals surface area contributed by atoms with E-state index < -0.39 is 17.2 Å². The molecule has 1 aromatic carbocycles. The molecule has 0 bridgehead atoms. The van der Waals surface area contributed by atoms with Crippen LogP contribution in [-0.2, 0) is 35.8 Å². The van der Waals surface area contributed by atoms with Gasteiger partial charge in [-0.05, 0) is 43.2 Å². The molecule has 0 fully saturated rings. The third-order valence-corrected chi connectivity index (χ3v) is 6.02. The second-order valence-electron chi connectivity index (χ2n) is 8.56. The molecular weight excluding hydrogens is 492 g/mol. The normalized spacial score (nSPS) is 12.2. The number of hydrogen-bond acceptors (Lipinski definition) is 8. The van der Waals surface area contributed by atoms with E-state index in [1.165, 1.54) is 11.7 Å². The molecule has 3 aromatic rings. The Morgan fingerprint density at radius 2 is 1.87 bits per heavy atom. The summed E-state index contributed by atoms with van der Waals surface area (Å²) in [6, 6.07) is 9.87. The van der Waals surface area contributed by atoms with E-state index >= 15 is 0 Å². The molecule has 1 aliphatic heterocycles. The van der Waals surface area contributed by atoms with Crippen LogP contribution in [0.2, 0.25) is 0 Å². The Balaban J connectivity index is 1.50. The van der Waals surface area contributed by atoms with Crippen LogP contribution in [0.25, 0.3) is 0 Å². The monoisotopic (exact) mass is 520 g/mol. The van der Waals surface area contributed by atoms with Gasteiger partial charge in [-0.25, -0.2) is 19.4 Å². The first-order chi connectivity index (χ1) is 18.3. The summed E-state index contributed by atoms with van der Waals surface area (Å²) in [6.07, 6.45) is 1.55. The maximum atomic E-state index is 13.3. The van der Waals surface area contributed by atoms with Crippen LogP contribution in [0, 0.1) is 6.92 Å². The smallest absolute Gasteiger partial charge is 0.354 e. The van der Waals surface area contributed by atoms with Crippen LogP contribution in [0.15, 0.2) is 57.2 Å². The van der Waals surface area contributed by atoms with Gasteiger partial charge in [-0.15, -0.1) is 0 Å². The van der Waals surface area contributed by atoms with Crippen molar-refractivity contribution < 1.29 is 19.1 Å². The first-order valence-electron chi connectivity index (χ1n) is 12.0. The summed E-state index contributed by atoms with van der Waals surface area (Å²) >= 11 is 0. The number of pyridine rings is 1. The molecule has 1 aliphatic rings. The van der Waals surface area contributed by atoms with Crippen molar-refractivity contribution in [1.82, 2.24) is 19.4 Å². The van der Waals surface area contributed by atoms with E-state index in [1.807, 2.05) is 6.92 Å². The van der Waals surface area contributed by atoms with Gasteiger partial charge in [0, 0.05) is 30.1 Å². The van der Waals surface area contributed by atoms with Gasteiger partial charge in [0.25, 0.3) is 5.56 Å². The van der Waals surface area contributed by atoms with E-state index in [-0.39, 0.29) is 38.0 Å². The average molecular weight is 521 g/mol. The number of anilines is 1. The number of amides is 2. The van der Waals surface area contributed by atoms with Gasteiger partial charge < -0.3 is 20.1 Å². The number of aliphatic imine (C=N–C) groups is 1. The number of fused-ring (bicyclic) bond motifs is 1. The van der Waals surface area contributed by atoms with Crippen molar-refractivity contribution in [3.63, 3.8) is 0 Å². The second-order valence-corrected chi connectivity index (χ2v) is 8.56. The number of benzene rings is 1. The van der Waals surface area contributed by atoms with E-state index in [4.69, 9.17) is 9.47 Å². The summed E-state index contributed by atoms with van der Waals surface area (Å²) in [4.78, 5) is 59.0. The van der Waals surface area contributed by atoms with Gasteiger partial charge >= 0.3 is 17.7 Å². The summed E-state index contributed by atoms with van der Waals surface area (Å²) in [6.45, 7) is 3.88. The topological polar surface area (TPSA) is 146 Å². The molecule has 4 rings (SSSR count). The fraction of sp³-hybridized carbons (Fsp3) is 0.308. The first kappa shape index (κ1) is 26.3. The summed E-state index contributed by atoms with van der Waals surface area (Å²) in [5, 5.41) is 5.34. The Labute approximate surface area is 218 Å². The highest BCUT2D eigenvalue weighted by molar-refractivity contribution is 6.36. The zero-order valence-electron chi connectivity index (χ0n) is 21.3. The van der Waals surface area contributed by atoms with Crippen LogP contribution in [0.3, 0.4) is 0 Å². The van der Waals surface area contributed by atoms with E-state index in [0.717, 1.165) is 4.57 Å². The first-order valence-corrected chi connectivity index (χ1v) is 12.0. The van der Waals surface area contributed by atoms with Crippen molar-refractivity contribution in [3.8, 4) is 5.88 Å². The summed E-state index contributed by atoms with van der Waals surface area (Å²) in [5.41, 5.74) is 1.95. The number of rotatable bonds is 8. The molecule has 198 valence electrons. The predicted molar refractivity (Wildman–Crippen MR) is 140 cm³/mol. The number of esters is 1. The Kier molecular flexibility index (Phi) is 8.00. The SMILES string of the molecule is CCNC(=O)Nc1ccc(Cn2c(=O)c(C)c3n(c2=O)CC(C(=O)OCc2ccnc(OC)c2)=NC3)cc1. The fourth-order valence-corrected chi connectivity index (χ4v) is 3.98. The quantitative estimate of drug-likeness (QED) is 0.429. The highest BCUT2D eigenvalue weighted by Gasteiger charge is 2.25. The van der Waals surface area contributed by atoms with Crippen LogP contribution in [0.1, 0.15) is 29.3 Å². The number of urea groups is 1. The van der Waals surface area contributed by atoms with Gasteiger partial charge in [0.15, 0.2) is 0 Å². The third-order valence-electron chi connectivity index (χ3n) is 6.02. The van der Waals surface area contributed by atoms with Crippen LogP contribution >= 0.6 is 0 Å². The van der Waals surface area contributed by atoms with Gasteiger partial charge in [-0.2, -0.15) is 0 Å². The van der Waals surface area contributed by atoms with Crippen molar-refractivity contribution in [2.75, 3.05) is 19.0 Å². The number of aromatic nitrogens is 3. The summed E-state index contributed by atoms with van der Waals surface area (Å²) < 4.78 is 13.0. The Morgan fingerprint density at radius 1 is 1.11 bits per heavy atom. The van der Waals surface area contributed by atoms with Crippen molar-refractivity contribution >= 4 is 23.4 Å². The van der Waals surface area contributed by atoms with Crippen molar-refractivity contribution in [2.45, 2.75) is 40.1 Å². The van der Waals surface area contributed by atoms with Crippen LogP contribution in [-0.4, -0.2) is 45.5 Å². The van der Waals surface area contributed by atoms with Gasteiger partial charge in [-0.3, -0.25) is 18.9 Å². The van der Waals surface area contributed by atoms with Gasteiger partial charge in [0.2, 0.25) is 5.88 Å². The number of hydrogen-bond donors (Lipinski definition) is 2. The van der Waals surface area contributed by atoms with Crippen molar-refractivity contribution in [3.05, 3.63) is 85.8 Å². The molecule has 0 aliphatic carbocycles. The molecule has 0 atom stereocenters. The molecule has 0 saturated heterocycles. The lowest BCUT2D eigenvalue weighted by atomic mass is 10.1. The molecule has 0 radical (unpaired) electrons. The number of nitrogens with one attached hydrogen (secondary N) is 2. The van der Waals surface area contributed by atoms with E-state index in [9.17, 15) is 19.2 Å². The largest absolute Gasteiger partial charge is 0.481 e. The number of methoxy groups -OCH3 is 1. The highest BCUT2D eigenvalue weighted by atomic mass is 16.5. The minimum Gasteiger partial charge on any atom is -0.481 e. The molecule has 2 aromatic heterocycles. The molecule has 12 heteroatoms. The standard InChI is InChI=1S/C26H28N6O6/c1-4-27-25(35)30-19-7-5-17(6-8-19)13-32-23(33)16(2)21-12-29-20(14-31(21)26(32)36)24(34)38-15-18-9-10-28-22(11-18)37-3/h5-11H,4,12-15H2,1-3H3,(H2,27,30,35). The molecule has 0 saturated carbocycles. The van der Waals surface area contributed by atoms with E-state index in [2.05, 4.69) is 20.6 Å². The summed E-state index contributed by atoms with van der Waals surface area (Å²) in [7, 11) is 1.49. The van der Waals surface area contributed by atoms with Gasteiger partial charge in [-0.1, -0.05) is 12.1 Å². The van der Waals surface area contributed by atoms with Crippen LogP contribution < -0.4 is 26.6 Å². The Hall–Kier alpha value is -4.74. The molecule has 12 nitrogen and oxygen atoms in total. The highest BCUT2D eigenvalue weighted by Crippen LogP contribution is 2.14. The molecule has 38 heavy (non-hydrogen) atoms. The molecule has 2 N–H and O–H groups in total. The molecular formula is C26H28N6O6. The zero-order chi connectivity index (χ0) is 27.2. The molecule has 0 spiro atoms. The Bertz CT molecular complexity index is 1510. The minimum atomic E-state index is -0.649. The number of carbonyl (C=O) groups excluding carboxylic acids is 2. The van der Waals surface area contributed by atoms with Gasteiger partial charge in [0.1, 0.15) is 12.3 Å². The predicted octanol–water partition coefficient (Wildman–Crippen LogP) is 1.61. The lowest BCUT2D eigenvalue weighted by Gasteiger charge is -2.21. The van der Waals surface area contributed by atoms with Crippen LogP contribution in [0.5, 0.6) is 5.88 Å². The molecule has 0 unspecified atom stereocenters. The maximum Gasteiger partial charge on any atom is 0.354 e. The van der Waals surface area contributed by atoms with Crippen LogP contribution in [0.4, 0.5) is 10.5 Å². The third kappa shape index (κ3) is 5.80. The number of nitrogens with zero attached hydrogens (tertiary/aromatic N) is 4. The van der Waals surface area contributed by atoms with E-state index in [0.29, 0.717) is 40.5 Å². The average Bonchev–Trinajstić information content (AvgIpc) is 2.93. The lowest BCUT2D eigenvalue weighted by molar-refractivity contribution is -0.137. The molecule has 3 heterocycles. The maximum absolute atomic E-state index is 13.3. The van der Waals surface area contributed by atoms with E-state index in [1.54, 1.807) is 49.5 Å². The molecule has 2 amide bonds. The Morgan fingerprint density at radius 3 is 2.58 bits per heavy atom. The second kappa shape index (κ2) is 11.5. The van der Waals surface area contributed by atoms with Crippen molar-refractivity contribution in [1.29, 1.82) is 0 Å². The van der Waals surface area contributed by atoms with Gasteiger partial charge in [0.05, 0.1) is 32.4 Å². The fourth-order valence-electron chi connectivity index (χ4n) is 3.98. The minimum absolute atomic E-state index is 0.0119. The summed E-state index contributed by atoms with van der Waals surface area (Å²) in [5.74, 6) is -0.251. The van der Waals surface area contributed by atoms with Crippen molar-refractivity contribution in [2.24, 2.45) is 4.99 Å².